The summed E-state index contributed by atoms with van der Waals surface area (Å²) in [5.74, 6) is 0.553. The Balaban J connectivity index is 1.41. The van der Waals surface area contributed by atoms with E-state index in [4.69, 9.17) is 0 Å². The summed E-state index contributed by atoms with van der Waals surface area (Å²) in [6.07, 6.45) is 6.92. The van der Waals surface area contributed by atoms with Crippen LogP contribution in [0.1, 0.15) is 19.3 Å². The Kier molecular flexibility index (Phi) is 4.65. The molecule has 3 rings (SSSR count). The van der Waals surface area contributed by atoms with Crippen molar-refractivity contribution in [3.05, 3.63) is 24.5 Å². The third-order valence-electron chi connectivity index (χ3n) is 4.33. The molecule has 0 spiro atoms. The molecule has 0 aromatic carbocycles. The van der Waals surface area contributed by atoms with Crippen molar-refractivity contribution in [2.24, 2.45) is 5.92 Å². The summed E-state index contributed by atoms with van der Waals surface area (Å²) in [4.78, 5) is 28.1. The van der Waals surface area contributed by atoms with Crippen LogP contribution >= 0.6 is 0 Å². The van der Waals surface area contributed by atoms with E-state index >= 15 is 0 Å². The first-order chi connectivity index (χ1) is 10.7. The van der Waals surface area contributed by atoms with Gasteiger partial charge in [0.15, 0.2) is 0 Å². The number of carbonyl (C=O) groups excluding carboxylic acids is 2. The van der Waals surface area contributed by atoms with Gasteiger partial charge in [-0.1, -0.05) is 0 Å². The quantitative estimate of drug-likeness (QED) is 0.907. The Hall–Kier alpha value is -1.98. The smallest absolute Gasteiger partial charge is 0.317 e. The number of amides is 3. The fourth-order valence-corrected chi connectivity index (χ4v) is 2.85. The summed E-state index contributed by atoms with van der Waals surface area (Å²) in [6.45, 7) is 4.20. The average Bonchev–Trinajstić information content (AvgIpc) is 3.29. The Morgan fingerprint density at radius 2 is 1.68 bits per heavy atom. The molecule has 1 aromatic heterocycles. The monoisotopic (exact) mass is 304 g/mol. The summed E-state index contributed by atoms with van der Waals surface area (Å²) in [7, 11) is 0. The van der Waals surface area contributed by atoms with Crippen molar-refractivity contribution in [3.8, 4) is 0 Å². The van der Waals surface area contributed by atoms with Crippen LogP contribution in [0.25, 0.3) is 0 Å². The van der Waals surface area contributed by atoms with Gasteiger partial charge in [-0.25, -0.2) is 4.79 Å². The van der Waals surface area contributed by atoms with Crippen LogP contribution in [0.5, 0.6) is 0 Å². The van der Waals surface area contributed by atoms with E-state index in [1.807, 2.05) is 38.9 Å². The Bertz CT molecular complexity index is 510. The van der Waals surface area contributed by atoms with Crippen molar-refractivity contribution in [2.75, 3.05) is 32.7 Å². The largest absolute Gasteiger partial charge is 0.353 e. The van der Waals surface area contributed by atoms with Crippen LogP contribution < -0.4 is 5.32 Å². The van der Waals surface area contributed by atoms with Gasteiger partial charge < -0.3 is 19.7 Å². The fraction of sp³-hybridized carbons (Fsp3) is 0.625. The zero-order valence-corrected chi connectivity index (χ0v) is 12.9. The van der Waals surface area contributed by atoms with Crippen LogP contribution in [0, 0.1) is 5.92 Å². The Labute approximate surface area is 131 Å². The number of nitrogens with one attached hydrogen (secondary N) is 1. The first-order valence-electron chi connectivity index (χ1n) is 8.16. The van der Waals surface area contributed by atoms with Crippen molar-refractivity contribution in [1.82, 2.24) is 19.7 Å². The third-order valence-corrected chi connectivity index (χ3v) is 4.33. The Morgan fingerprint density at radius 1 is 1.00 bits per heavy atom. The summed E-state index contributed by atoms with van der Waals surface area (Å²) < 4.78 is 2.04. The van der Waals surface area contributed by atoms with Crippen LogP contribution in [-0.2, 0) is 11.3 Å². The SMILES string of the molecule is O=C(NCCn1cccc1)N1CCCN(C(=O)C2CC2)CC1. The second kappa shape index (κ2) is 6.85. The zero-order chi connectivity index (χ0) is 15.4. The highest BCUT2D eigenvalue weighted by Crippen LogP contribution is 2.31. The normalized spacial score (nSPS) is 18.9. The Morgan fingerprint density at radius 3 is 2.41 bits per heavy atom. The molecule has 0 unspecified atom stereocenters. The molecule has 2 aliphatic rings. The van der Waals surface area contributed by atoms with Crippen LogP contribution in [0.4, 0.5) is 4.79 Å². The van der Waals surface area contributed by atoms with Crippen molar-refractivity contribution in [2.45, 2.75) is 25.8 Å². The maximum atomic E-state index is 12.2. The molecule has 1 aromatic rings. The average molecular weight is 304 g/mol. The lowest BCUT2D eigenvalue weighted by molar-refractivity contribution is -0.132. The van der Waals surface area contributed by atoms with Crippen molar-refractivity contribution < 1.29 is 9.59 Å². The summed E-state index contributed by atoms with van der Waals surface area (Å²) in [5, 5.41) is 2.96. The number of rotatable bonds is 4. The highest BCUT2D eigenvalue weighted by molar-refractivity contribution is 5.81. The van der Waals surface area contributed by atoms with Gasteiger partial charge >= 0.3 is 6.03 Å². The van der Waals surface area contributed by atoms with Crippen LogP contribution in [0.2, 0.25) is 0 Å². The van der Waals surface area contributed by atoms with Gasteiger partial charge in [0, 0.05) is 57.6 Å². The predicted octanol–water partition coefficient (Wildman–Crippen LogP) is 1.14. The first-order valence-corrected chi connectivity index (χ1v) is 8.16. The van der Waals surface area contributed by atoms with Gasteiger partial charge in [0.25, 0.3) is 0 Å². The van der Waals surface area contributed by atoms with Crippen molar-refractivity contribution in [1.29, 1.82) is 0 Å². The molecular weight excluding hydrogens is 280 g/mol. The summed E-state index contributed by atoms with van der Waals surface area (Å²) in [6, 6.07) is 3.93. The standard InChI is InChI=1S/C16H24N4O2/c21-15(14-4-5-14)19-9-3-10-20(13-12-19)16(22)17-6-11-18-7-1-2-8-18/h1-2,7-8,14H,3-6,9-13H2,(H,17,22). The predicted molar refractivity (Wildman–Crippen MR) is 83.3 cm³/mol. The molecule has 2 heterocycles. The van der Waals surface area contributed by atoms with Gasteiger partial charge in [-0.2, -0.15) is 0 Å². The lowest BCUT2D eigenvalue weighted by Gasteiger charge is -2.22. The molecular formula is C16H24N4O2. The number of hydrogen-bond acceptors (Lipinski definition) is 2. The minimum atomic E-state index is -0.0205. The molecule has 1 saturated carbocycles. The van der Waals surface area contributed by atoms with Gasteiger partial charge in [0.2, 0.25) is 5.91 Å². The number of aromatic nitrogens is 1. The van der Waals surface area contributed by atoms with E-state index in [2.05, 4.69) is 5.32 Å². The lowest BCUT2D eigenvalue weighted by atomic mass is 10.3. The second-order valence-corrected chi connectivity index (χ2v) is 6.09. The highest BCUT2D eigenvalue weighted by Gasteiger charge is 2.34. The van der Waals surface area contributed by atoms with Crippen molar-refractivity contribution in [3.63, 3.8) is 0 Å². The van der Waals surface area contributed by atoms with Crippen molar-refractivity contribution >= 4 is 11.9 Å². The van der Waals surface area contributed by atoms with Gasteiger partial charge in [0.05, 0.1) is 0 Å². The van der Waals surface area contributed by atoms with Gasteiger partial charge in [-0.3, -0.25) is 4.79 Å². The maximum absolute atomic E-state index is 12.2. The van der Waals surface area contributed by atoms with E-state index in [-0.39, 0.29) is 17.9 Å². The van der Waals surface area contributed by atoms with Gasteiger partial charge in [-0.15, -0.1) is 0 Å². The molecule has 1 aliphatic carbocycles. The van der Waals surface area contributed by atoms with E-state index in [0.717, 1.165) is 38.9 Å². The number of nitrogens with zero attached hydrogens (tertiary/aromatic N) is 3. The molecule has 2 fully saturated rings. The van der Waals surface area contributed by atoms with E-state index < -0.39 is 0 Å². The van der Waals surface area contributed by atoms with Gasteiger partial charge in [-0.05, 0) is 31.4 Å². The summed E-state index contributed by atoms with van der Waals surface area (Å²) >= 11 is 0. The molecule has 6 heteroatoms. The first kappa shape index (κ1) is 14.9. The van der Waals surface area contributed by atoms with E-state index in [9.17, 15) is 9.59 Å². The fourth-order valence-electron chi connectivity index (χ4n) is 2.85. The third kappa shape index (κ3) is 3.81. The van der Waals surface area contributed by atoms with E-state index in [1.165, 1.54) is 0 Å². The number of carbonyl (C=O) groups is 2. The molecule has 0 radical (unpaired) electrons. The lowest BCUT2D eigenvalue weighted by Crippen LogP contribution is -2.43. The molecule has 6 nitrogen and oxygen atoms in total. The molecule has 0 atom stereocenters. The van der Waals surface area contributed by atoms with Crippen LogP contribution in [0.15, 0.2) is 24.5 Å². The van der Waals surface area contributed by atoms with Gasteiger partial charge in [0.1, 0.15) is 0 Å². The van der Waals surface area contributed by atoms with E-state index in [0.29, 0.717) is 19.6 Å². The van der Waals surface area contributed by atoms with Crippen LogP contribution in [-0.4, -0.2) is 59.0 Å². The molecule has 1 N–H and O–H groups in total. The number of hydrogen-bond donors (Lipinski definition) is 1. The topological polar surface area (TPSA) is 57.6 Å². The molecule has 120 valence electrons. The highest BCUT2D eigenvalue weighted by atomic mass is 16.2. The molecule has 22 heavy (non-hydrogen) atoms. The zero-order valence-electron chi connectivity index (χ0n) is 12.9. The van der Waals surface area contributed by atoms with E-state index in [1.54, 1.807) is 0 Å². The maximum Gasteiger partial charge on any atom is 0.317 e. The molecule has 0 bridgehead atoms. The molecule has 1 saturated heterocycles. The molecule has 1 aliphatic heterocycles. The molecule has 3 amide bonds. The second-order valence-electron chi connectivity index (χ2n) is 6.09. The number of urea groups is 1. The summed E-state index contributed by atoms with van der Waals surface area (Å²) in [5.41, 5.74) is 0. The minimum absolute atomic E-state index is 0.0205. The van der Waals surface area contributed by atoms with Crippen LogP contribution in [0.3, 0.4) is 0 Å². The minimum Gasteiger partial charge on any atom is -0.353 e.